The highest BCUT2D eigenvalue weighted by molar-refractivity contribution is 6.30. The number of aliphatic hydroxyl groups is 1. The van der Waals surface area contributed by atoms with Gasteiger partial charge in [-0.25, -0.2) is 0 Å². The van der Waals surface area contributed by atoms with Crippen molar-refractivity contribution in [3.05, 3.63) is 16.4 Å². The number of halogens is 1. The number of aliphatic hydroxyl groups excluding tert-OH is 1. The van der Waals surface area contributed by atoms with Gasteiger partial charge in [0, 0.05) is 51.4 Å². The van der Waals surface area contributed by atoms with Gasteiger partial charge in [-0.2, -0.15) is 5.10 Å². The first-order chi connectivity index (χ1) is 10.1. The number of morpholine rings is 1. The Labute approximate surface area is 130 Å². The zero-order valence-corrected chi connectivity index (χ0v) is 13.4. The van der Waals surface area contributed by atoms with E-state index in [0.717, 1.165) is 50.7 Å². The minimum absolute atomic E-state index is 0.199. The smallest absolute Gasteiger partial charge is 0.131 e. The third-order valence-electron chi connectivity index (χ3n) is 4.50. The first-order valence-corrected chi connectivity index (χ1v) is 7.84. The molecule has 0 spiro atoms. The Bertz CT molecular complexity index is 501. The Morgan fingerprint density at radius 2 is 2.05 bits per heavy atom. The van der Waals surface area contributed by atoms with Gasteiger partial charge in [-0.05, 0) is 6.92 Å². The monoisotopic (exact) mass is 314 g/mol. The molecule has 0 unspecified atom stereocenters. The van der Waals surface area contributed by atoms with Crippen molar-refractivity contribution in [1.29, 1.82) is 0 Å². The molecule has 2 saturated heterocycles. The average molecular weight is 315 g/mol. The van der Waals surface area contributed by atoms with Crippen LogP contribution in [0.2, 0.25) is 5.15 Å². The summed E-state index contributed by atoms with van der Waals surface area (Å²) in [7, 11) is 1.86. The van der Waals surface area contributed by atoms with Crippen LogP contribution in [0.1, 0.15) is 11.3 Å². The van der Waals surface area contributed by atoms with Crippen molar-refractivity contribution in [3.63, 3.8) is 0 Å². The highest BCUT2D eigenvalue weighted by Gasteiger charge is 2.36. The predicted octanol–water partition coefficient (Wildman–Crippen LogP) is 0.259. The average Bonchev–Trinajstić information content (AvgIpc) is 2.95. The molecule has 2 aliphatic rings. The van der Waals surface area contributed by atoms with Crippen LogP contribution in [0.15, 0.2) is 0 Å². The van der Waals surface area contributed by atoms with Crippen molar-refractivity contribution in [1.82, 2.24) is 19.6 Å². The molecular weight excluding hydrogens is 292 g/mol. The van der Waals surface area contributed by atoms with Crippen molar-refractivity contribution >= 4 is 11.6 Å². The summed E-state index contributed by atoms with van der Waals surface area (Å²) >= 11 is 6.30. The third kappa shape index (κ3) is 3.10. The minimum Gasteiger partial charge on any atom is -0.390 e. The molecule has 2 fully saturated rings. The number of hydrogen-bond acceptors (Lipinski definition) is 5. The number of hydrogen-bond donors (Lipinski definition) is 1. The van der Waals surface area contributed by atoms with Crippen molar-refractivity contribution < 1.29 is 9.84 Å². The molecule has 6 nitrogen and oxygen atoms in total. The van der Waals surface area contributed by atoms with Gasteiger partial charge in [0.05, 0.1) is 25.0 Å². The molecule has 2 atom stereocenters. The Hall–Kier alpha value is -0.660. The summed E-state index contributed by atoms with van der Waals surface area (Å²) in [4.78, 5) is 4.60. The molecule has 0 amide bonds. The van der Waals surface area contributed by atoms with Crippen LogP contribution in [0.4, 0.5) is 0 Å². The SMILES string of the molecule is Cc1nn(C)c(Cl)c1CN1C[C@H](O)[C@@H](N2CCOCC2)C1. The van der Waals surface area contributed by atoms with Crippen molar-refractivity contribution in [3.8, 4) is 0 Å². The molecule has 1 N–H and O–H groups in total. The molecule has 0 radical (unpaired) electrons. The molecule has 3 heterocycles. The minimum atomic E-state index is -0.307. The van der Waals surface area contributed by atoms with Crippen LogP contribution in [0.25, 0.3) is 0 Å². The summed E-state index contributed by atoms with van der Waals surface area (Å²) < 4.78 is 7.09. The molecule has 1 aromatic heterocycles. The van der Waals surface area contributed by atoms with Gasteiger partial charge in [0.25, 0.3) is 0 Å². The van der Waals surface area contributed by atoms with Crippen LogP contribution < -0.4 is 0 Å². The number of nitrogens with zero attached hydrogens (tertiary/aromatic N) is 4. The summed E-state index contributed by atoms with van der Waals surface area (Å²) in [6.45, 7) is 7.61. The van der Waals surface area contributed by atoms with Crippen molar-refractivity contribution in [2.24, 2.45) is 7.05 Å². The fourth-order valence-corrected chi connectivity index (χ4v) is 3.56. The molecule has 1 aromatic rings. The second-order valence-electron chi connectivity index (χ2n) is 5.96. The van der Waals surface area contributed by atoms with Gasteiger partial charge in [-0.3, -0.25) is 14.5 Å². The maximum Gasteiger partial charge on any atom is 0.131 e. The van der Waals surface area contributed by atoms with Crippen LogP contribution in [0, 0.1) is 6.92 Å². The standard InChI is InChI=1S/C14H23ClN4O2/c1-10-11(14(15)17(2)16-10)7-18-8-12(13(20)9-18)19-3-5-21-6-4-19/h12-13,20H,3-9H2,1-2H3/t12-,13-/m0/s1. The van der Waals surface area contributed by atoms with Crippen molar-refractivity contribution in [2.75, 3.05) is 39.4 Å². The van der Waals surface area contributed by atoms with E-state index in [4.69, 9.17) is 16.3 Å². The van der Waals surface area contributed by atoms with Crippen LogP contribution in [-0.4, -0.2) is 76.2 Å². The van der Waals surface area contributed by atoms with Crippen LogP contribution in [-0.2, 0) is 18.3 Å². The van der Waals surface area contributed by atoms with Gasteiger partial charge in [0.15, 0.2) is 0 Å². The van der Waals surface area contributed by atoms with Gasteiger partial charge < -0.3 is 9.84 Å². The Kier molecular flexibility index (Phi) is 4.51. The normalized spacial score (nSPS) is 28.4. The van der Waals surface area contributed by atoms with E-state index in [1.54, 1.807) is 4.68 Å². The molecule has 0 aromatic carbocycles. The lowest BCUT2D eigenvalue weighted by Gasteiger charge is -2.33. The molecule has 0 aliphatic carbocycles. The molecule has 21 heavy (non-hydrogen) atoms. The predicted molar refractivity (Wildman–Crippen MR) is 80.4 cm³/mol. The molecular formula is C14H23ClN4O2. The van der Waals surface area contributed by atoms with Crippen molar-refractivity contribution in [2.45, 2.75) is 25.6 Å². The second-order valence-corrected chi connectivity index (χ2v) is 6.31. The van der Waals surface area contributed by atoms with Crippen LogP contribution in [0.5, 0.6) is 0 Å². The molecule has 118 valence electrons. The van der Waals surface area contributed by atoms with E-state index < -0.39 is 0 Å². The first kappa shape index (κ1) is 15.2. The second kappa shape index (κ2) is 6.22. The maximum absolute atomic E-state index is 10.4. The van der Waals surface area contributed by atoms with E-state index in [9.17, 15) is 5.11 Å². The Morgan fingerprint density at radius 1 is 1.33 bits per heavy atom. The largest absolute Gasteiger partial charge is 0.390 e. The topological polar surface area (TPSA) is 53.8 Å². The highest BCUT2D eigenvalue weighted by Crippen LogP contribution is 2.24. The fraction of sp³-hybridized carbons (Fsp3) is 0.786. The summed E-state index contributed by atoms with van der Waals surface area (Å²) in [6.07, 6.45) is -0.307. The summed E-state index contributed by atoms with van der Waals surface area (Å²) in [5.74, 6) is 0. The van der Waals surface area contributed by atoms with Gasteiger partial charge in [0.1, 0.15) is 5.15 Å². The molecule has 3 rings (SSSR count). The van der Waals surface area contributed by atoms with E-state index >= 15 is 0 Å². The van der Waals surface area contributed by atoms with E-state index in [2.05, 4.69) is 14.9 Å². The summed E-state index contributed by atoms with van der Waals surface area (Å²) in [5, 5.41) is 15.4. The quantitative estimate of drug-likeness (QED) is 0.867. The molecule has 0 bridgehead atoms. The number of rotatable bonds is 3. The number of ether oxygens (including phenoxy) is 1. The maximum atomic E-state index is 10.4. The van der Waals surface area contributed by atoms with Crippen LogP contribution in [0.3, 0.4) is 0 Å². The molecule has 7 heteroatoms. The van der Waals surface area contributed by atoms with E-state index in [1.807, 2.05) is 14.0 Å². The zero-order chi connectivity index (χ0) is 15.0. The van der Waals surface area contributed by atoms with Gasteiger partial charge >= 0.3 is 0 Å². The lowest BCUT2D eigenvalue weighted by atomic mass is 10.1. The summed E-state index contributed by atoms with van der Waals surface area (Å²) in [6, 6.07) is 0.199. The lowest BCUT2D eigenvalue weighted by molar-refractivity contribution is -0.00618. The fourth-order valence-electron chi connectivity index (χ4n) is 3.32. The van der Waals surface area contributed by atoms with Gasteiger partial charge in [0.2, 0.25) is 0 Å². The highest BCUT2D eigenvalue weighted by atomic mass is 35.5. The number of aryl methyl sites for hydroxylation is 2. The third-order valence-corrected chi connectivity index (χ3v) is 4.97. The van der Waals surface area contributed by atoms with Gasteiger partial charge in [-0.15, -0.1) is 0 Å². The van der Waals surface area contributed by atoms with Gasteiger partial charge in [-0.1, -0.05) is 11.6 Å². The van der Waals surface area contributed by atoms with E-state index in [0.29, 0.717) is 11.7 Å². The van der Waals surface area contributed by atoms with Crippen LogP contribution >= 0.6 is 11.6 Å². The number of likely N-dealkylation sites (tertiary alicyclic amines) is 1. The van der Waals surface area contributed by atoms with E-state index in [1.165, 1.54) is 0 Å². The Morgan fingerprint density at radius 3 is 2.67 bits per heavy atom. The Balaban J connectivity index is 1.65. The van der Waals surface area contributed by atoms with E-state index in [-0.39, 0.29) is 12.1 Å². The number of β-amino-alcohol motifs (C(OH)–C–C–N with tert-alkyl or cyclic N) is 1. The molecule has 2 aliphatic heterocycles. The lowest BCUT2D eigenvalue weighted by Crippen LogP contribution is -2.48. The zero-order valence-electron chi connectivity index (χ0n) is 12.6. The molecule has 0 saturated carbocycles. The number of aromatic nitrogens is 2. The summed E-state index contributed by atoms with van der Waals surface area (Å²) in [5.41, 5.74) is 2.03. The first-order valence-electron chi connectivity index (χ1n) is 7.46.